The van der Waals surface area contributed by atoms with Crippen LogP contribution < -0.4 is 15.2 Å². The van der Waals surface area contributed by atoms with Crippen molar-refractivity contribution >= 4 is 0 Å². The lowest BCUT2D eigenvalue weighted by Gasteiger charge is -2.21. The van der Waals surface area contributed by atoms with Gasteiger partial charge in [0.25, 0.3) is 0 Å². The number of hydrogen-bond donors (Lipinski definition) is 1. The molecule has 6 nitrogen and oxygen atoms in total. The zero-order valence-corrected chi connectivity index (χ0v) is 11.9. The van der Waals surface area contributed by atoms with E-state index in [1.165, 1.54) is 5.56 Å². The Balaban J connectivity index is 2.16. The summed E-state index contributed by atoms with van der Waals surface area (Å²) in [6, 6.07) is 3.84. The maximum Gasteiger partial charge on any atom is 0.164 e. The van der Waals surface area contributed by atoms with E-state index in [0.29, 0.717) is 5.75 Å². The van der Waals surface area contributed by atoms with Crippen molar-refractivity contribution in [3.8, 4) is 22.9 Å². The van der Waals surface area contributed by atoms with Crippen LogP contribution in [-0.4, -0.2) is 29.0 Å². The van der Waals surface area contributed by atoms with E-state index in [2.05, 4.69) is 14.8 Å². The maximum absolute atomic E-state index is 5.94. The van der Waals surface area contributed by atoms with Crippen molar-refractivity contribution in [1.82, 2.24) is 14.8 Å². The number of rotatable bonds is 3. The van der Waals surface area contributed by atoms with Crippen molar-refractivity contribution in [2.45, 2.75) is 25.9 Å². The number of hydrogen-bond acceptors (Lipinski definition) is 5. The van der Waals surface area contributed by atoms with E-state index in [-0.39, 0.29) is 6.04 Å². The number of aryl methyl sites for hydroxylation is 1. The molecule has 0 spiro atoms. The molecule has 0 radical (unpaired) electrons. The van der Waals surface area contributed by atoms with Gasteiger partial charge in [0.15, 0.2) is 17.3 Å². The van der Waals surface area contributed by atoms with Crippen LogP contribution in [0.2, 0.25) is 0 Å². The number of aromatic nitrogens is 3. The summed E-state index contributed by atoms with van der Waals surface area (Å²) in [6.07, 6.45) is 0.903. The van der Waals surface area contributed by atoms with Crippen molar-refractivity contribution in [3.63, 3.8) is 0 Å². The Morgan fingerprint density at radius 1 is 1.20 bits per heavy atom. The van der Waals surface area contributed by atoms with Gasteiger partial charge in [0.05, 0.1) is 20.3 Å². The number of benzene rings is 1. The van der Waals surface area contributed by atoms with E-state index in [4.69, 9.17) is 15.2 Å². The fourth-order valence-electron chi connectivity index (χ4n) is 2.64. The van der Waals surface area contributed by atoms with Crippen LogP contribution in [0, 0.1) is 0 Å². The maximum atomic E-state index is 5.94. The van der Waals surface area contributed by atoms with Gasteiger partial charge in [-0.1, -0.05) is 0 Å². The van der Waals surface area contributed by atoms with Gasteiger partial charge in [0.1, 0.15) is 5.82 Å². The average Bonchev–Trinajstić information content (AvgIpc) is 2.90. The molecule has 0 saturated heterocycles. The molecular weight excluding hydrogens is 256 g/mol. The van der Waals surface area contributed by atoms with E-state index >= 15 is 0 Å². The minimum absolute atomic E-state index is 0.127. The molecule has 1 atom stereocenters. The Bertz CT molecular complexity index is 649. The number of methoxy groups -OCH3 is 2. The monoisotopic (exact) mass is 274 g/mol. The molecule has 0 saturated carbocycles. The predicted octanol–water partition coefficient (Wildman–Crippen LogP) is 1.54. The van der Waals surface area contributed by atoms with Crippen molar-refractivity contribution in [2.75, 3.05) is 14.2 Å². The fraction of sp³-hybridized carbons (Fsp3) is 0.429. The second kappa shape index (κ2) is 4.79. The van der Waals surface area contributed by atoms with Gasteiger partial charge >= 0.3 is 0 Å². The lowest BCUT2D eigenvalue weighted by atomic mass is 9.99. The van der Waals surface area contributed by atoms with Crippen molar-refractivity contribution in [3.05, 3.63) is 23.5 Å². The molecule has 0 amide bonds. The smallest absolute Gasteiger partial charge is 0.164 e. The third-order valence-electron chi connectivity index (χ3n) is 3.64. The third-order valence-corrected chi connectivity index (χ3v) is 3.64. The minimum Gasteiger partial charge on any atom is -0.493 e. The number of nitrogens with two attached hydrogens (primary N) is 1. The molecule has 1 aliphatic heterocycles. The van der Waals surface area contributed by atoms with Crippen LogP contribution in [0.25, 0.3) is 11.4 Å². The number of nitrogens with zero attached hydrogens (tertiary/aromatic N) is 3. The van der Waals surface area contributed by atoms with Gasteiger partial charge in [-0.3, -0.25) is 0 Å². The first-order valence-electron chi connectivity index (χ1n) is 6.59. The molecule has 1 aromatic carbocycles. The Morgan fingerprint density at radius 2 is 1.90 bits per heavy atom. The summed E-state index contributed by atoms with van der Waals surface area (Å²) in [6.45, 7) is 2.75. The normalized spacial score (nSPS) is 14.4. The van der Waals surface area contributed by atoms with Crippen molar-refractivity contribution in [1.29, 1.82) is 0 Å². The predicted molar refractivity (Wildman–Crippen MR) is 74.9 cm³/mol. The first kappa shape index (κ1) is 12.9. The SMILES string of the molecule is COc1cc2c(cc1OC)-c1nnc(C(C)N)n1CC2. The standard InChI is InChI=1S/C14H18N4O2/c1-8(15)13-16-17-14-10-7-12(20-3)11(19-2)6-9(10)4-5-18(13)14/h6-8H,4-5,15H2,1-3H3. The van der Waals surface area contributed by atoms with Gasteiger partial charge in [-0.25, -0.2) is 0 Å². The van der Waals surface area contributed by atoms with Crippen molar-refractivity contribution in [2.24, 2.45) is 5.73 Å². The molecule has 1 unspecified atom stereocenters. The molecule has 1 aromatic heterocycles. The first-order valence-corrected chi connectivity index (χ1v) is 6.59. The Hall–Kier alpha value is -2.08. The van der Waals surface area contributed by atoms with E-state index in [1.54, 1.807) is 14.2 Å². The highest BCUT2D eigenvalue weighted by atomic mass is 16.5. The summed E-state index contributed by atoms with van der Waals surface area (Å²) in [5.41, 5.74) is 8.16. The summed E-state index contributed by atoms with van der Waals surface area (Å²) >= 11 is 0. The molecule has 106 valence electrons. The van der Waals surface area contributed by atoms with Crippen LogP contribution in [0.5, 0.6) is 11.5 Å². The Labute approximate surface area is 117 Å². The number of fused-ring (bicyclic) bond motifs is 3. The average molecular weight is 274 g/mol. The van der Waals surface area contributed by atoms with E-state index in [1.807, 2.05) is 19.1 Å². The highest BCUT2D eigenvalue weighted by Crippen LogP contribution is 2.38. The highest BCUT2D eigenvalue weighted by molar-refractivity contribution is 5.67. The molecule has 0 fully saturated rings. The Kier molecular flexibility index (Phi) is 3.10. The molecule has 2 heterocycles. The van der Waals surface area contributed by atoms with Gasteiger partial charge < -0.3 is 19.8 Å². The zero-order valence-electron chi connectivity index (χ0n) is 11.9. The molecule has 1 aliphatic rings. The minimum atomic E-state index is -0.127. The Morgan fingerprint density at radius 3 is 2.55 bits per heavy atom. The lowest BCUT2D eigenvalue weighted by Crippen LogP contribution is -2.18. The zero-order chi connectivity index (χ0) is 14.3. The lowest BCUT2D eigenvalue weighted by molar-refractivity contribution is 0.354. The van der Waals surface area contributed by atoms with Crippen LogP contribution in [0.1, 0.15) is 24.4 Å². The molecule has 2 aromatic rings. The molecule has 3 rings (SSSR count). The van der Waals surface area contributed by atoms with Gasteiger partial charge in [-0.15, -0.1) is 10.2 Å². The van der Waals surface area contributed by atoms with Crippen molar-refractivity contribution < 1.29 is 9.47 Å². The molecule has 6 heteroatoms. The molecule has 0 bridgehead atoms. The van der Waals surface area contributed by atoms with Gasteiger partial charge in [0.2, 0.25) is 0 Å². The summed E-state index contributed by atoms with van der Waals surface area (Å²) in [5, 5.41) is 8.50. The largest absolute Gasteiger partial charge is 0.493 e. The molecular formula is C14H18N4O2. The van der Waals surface area contributed by atoms with E-state index < -0.39 is 0 Å². The fourth-order valence-corrected chi connectivity index (χ4v) is 2.64. The second-order valence-corrected chi connectivity index (χ2v) is 4.94. The molecule has 2 N–H and O–H groups in total. The van der Waals surface area contributed by atoms with E-state index in [0.717, 1.165) is 35.9 Å². The van der Waals surface area contributed by atoms with Gasteiger partial charge in [-0.2, -0.15) is 0 Å². The van der Waals surface area contributed by atoms with Crippen LogP contribution in [0.4, 0.5) is 0 Å². The van der Waals surface area contributed by atoms with Crippen LogP contribution >= 0.6 is 0 Å². The van der Waals surface area contributed by atoms with Crippen LogP contribution in [0.15, 0.2) is 12.1 Å². The topological polar surface area (TPSA) is 75.2 Å². The highest BCUT2D eigenvalue weighted by Gasteiger charge is 2.24. The summed E-state index contributed by atoms with van der Waals surface area (Å²) in [4.78, 5) is 0. The van der Waals surface area contributed by atoms with Gasteiger partial charge in [-0.05, 0) is 31.0 Å². The van der Waals surface area contributed by atoms with E-state index in [9.17, 15) is 0 Å². The quantitative estimate of drug-likeness (QED) is 0.918. The molecule has 0 aliphatic carbocycles. The van der Waals surface area contributed by atoms with Crippen LogP contribution in [-0.2, 0) is 13.0 Å². The van der Waals surface area contributed by atoms with Crippen LogP contribution in [0.3, 0.4) is 0 Å². The summed E-state index contributed by atoms with van der Waals surface area (Å²) in [5.74, 6) is 3.11. The number of ether oxygens (including phenoxy) is 2. The second-order valence-electron chi connectivity index (χ2n) is 4.94. The summed E-state index contributed by atoms with van der Waals surface area (Å²) < 4.78 is 12.8. The molecule has 20 heavy (non-hydrogen) atoms. The van der Waals surface area contributed by atoms with Gasteiger partial charge in [0, 0.05) is 12.1 Å². The third kappa shape index (κ3) is 1.84. The first-order chi connectivity index (χ1) is 9.65. The summed E-state index contributed by atoms with van der Waals surface area (Å²) in [7, 11) is 3.27.